The molecule has 1 rings (SSSR count). The van der Waals surface area contributed by atoms with Crippen molar-refractivity contribution in [3.63, 3.8) is 0 Å². The molecule has 90 valence electrons. The van der Waals surface area contributed by atoms with Crippen LogP contribution >= 0.6 is 11.8 Å². The number of para-hydroxylation sites is 1. The first kappa shape index (κ1) is 13.4. The monoisotopic (exact) mass is 239 g/mol. The summed E-state index contributed by atoms with van der Waals surface area (Å²) < 4.78 is 0. The summed E-state index contributed by atoms with van der Waals surface area (Å²) in [6.07, 6.45) is 2.50. The lowest BCUT2D eigenvalue weighted by atomic mass is 10.3. The molecule has 0 saturated carbocycles. The second-order valence-electron chi connectivity index (χ2n) is 3.82. The van der Waals surface area contributed by atoms with Crippen LogP contribution in [0.1, 0.15) is 19.8 Å². The molecule has 1 aromatic rings. The molecule has 1 aromatic carbocycles. The van der Waals surface area contributed by atoms with Gasteiger partial charge in [-0.25, -0.2) is 0 Å². The topological polar surface area (TPSA) is 32.3 Å². The van der Waals surface area contributed by atoms with E-state index < -0.39 is 0 Å². The van der Waals surface area contributed by atoms with E-state index in [-0.39, 0.29) is 12.6 Å². The molecule has 0 saturated heterocycles. The maximum absolute atomic E-state index is 9.27. The molecule has 0 fully saturated rings. The molecule has 1 atom stereocenters. The van der Waals surface area contributed by atoms with E-state index in [0.29, 0.717) is 0 Å². The van der Waals surface area contributed by atoms with E-state index in [1.165, 1.54) is 18.6 Å². The van der Waals surface area contributed by atoms with Crippen LogP contribution in [0, 0.1) is 0 Å². The highest BCUT2D eigenvalue weighted by Crippen LogP contribution is 2.11. The Morgan fingerprint density at radius 1 is 1.31 bits per heavy atom. The quantitative estimate of drug-likeness (QED) is 0.684. The summed E-state index contributed by atoms with van der Waals surface area (Å²) in [6.45, 7) is 2.39. The molecule has 0 bridgehead atoms. The number of nitrogens with one attached hydrogen (secondary N) is 1. The zero-order valence-electron chi connectivity index (χ0n) is 9.86. The lowest BCUT2D eigenvalue weighted by Crippen LogP contribution is -2.26. The van der Waals surface area contributed by atoms with Crippen molar-refractivity contribution < 1.29 is 5.11 Å². The van der Waals surface area contributed by atoms with Gasteiger partial charge in [0.25, 0.3) is 0 Å². The van der Waals surface area contributed by atoms with Gasteiger partial charge in [-0.1, -0.05) is 31.5 Å². The molecule has 0 aliphatic heterocycles. The van der Waals surface area contributed by atoms with Crippen LogP contribution in [0.5, 0.6) is 0 Å². The first-order valence-electron chi connectivity index (χ1n) is 5.87. The summed E-state index contributed by atoms with van der Waals surface area (Å²) in [5.41, 5.74) is 1.08. The SMILES string of the molecule is CCCCSCC(CO)Nc1ccccc1. The predicted octanol–water partition coefficient (Wildman–Crippen LogP) is 2.99. The fraction of sp³-hybridized carbons (Fsp3) is 0.538. The average molecular weight is 239 g/mol. The first-order chi connectivity index (χ1) is 7.86. The van der Waals surface area contributed by atoms with Crippen LogP contribution in [0.3, 0.4) is 0 Å². The van der Waals surface area contributed by atoms with Crippen molar-refractivity contribution in [2.24, 2.45) is 0 Å². The van der Waals surface area contributed by atoms with Gasteiger partial charge in [0.05, 0.1) is 12.6 Å². The van der Waals surface area contributed by atoms with E-state index in [2.05, 4.69) is 12.2 Å². The van der Waals surface area contributed by atoms with Gasteiger partial charge >= 0.3 is 0 Å². The fourth-order valence-electron chi connectivity index (χ4n) is 1.38. The van der Waals surface area contributed by atoms with E-state index in [4.69, 9.17) is 0 Å². The average Bonchev–Trinajstić information content (AvgIpc) is 2.34. The molecule has 0 aliphatic rings. The Bertz CT molecular complexity index is 266. The lowest BCUT2D eigenvalue weighted by molar-refractivity contribution is 0.283. The summed E-state index contributed by atoms with van der Waals surface area (Å²) in [4.78, 5) is 0. The number of benzene rings is 1. The number of unbranched alkanes of at least 4 members (excludes halogenated alkanes) is 1. The van der Waals surface area contributed by atoms with Gasteiger partial charge in [-0.2, -0.15) is 11.8 Å². The van der Waals surface area contributed by atoms with Crippen molar-refractivity contribution in [1.82, 2.24) is 0 Å². The Morgan fingerprint density at radius 3 is 2.69 bits per heavy atom. The highest BCUT2D eigenvalue weighted by Gasteiger charge is 2.06. The summed E-state index contributed by atoms with van der Waals surface area (Å²) in [7, 11) is 0. The first-order valence-corrected chi connectivity index (χ1v) is 7.02. The number of hydrogen-bond donors (Lipinski definition) is 2. The van der Waals surface area contributed by atoms with Gasteiger partial charge in [0.15, 0.2) is 0 Å². The molecule has 3 heteroatoms. The number of thioether (sulfide) groups is 1. The van der Waals surface area contributed by atoms with Crippen LogP contribution in [0.15, 0.2) is 30.3 Å². The molecular formula is C13H21NOS. The highest BCUT2D eigenvalue weighted by molar-refractivity contribution is 7.99. The minimum Gasteiger partial charge on any atom is -0.394 e. The molecule has 0 heterocycles. The fourth-order valence-corrected chi connectivity index (χ4v) is 2.51. The van der Waals surface area contributed by atoms with Crippen molar-refractivity contribution in [2.75, 3.05) is 23.4 Å². The van der Waals surface area contributed by atoms with Crippen molar-refractivity contribution in [3.8, 4) is 0 Å². The van der Waals surface area contributed by atoms with Gasteiger partial charge in [-0.15, -0.1) is 0 Å². The van der Waals surface area contributed by atoms with Gasteiger partial charge in [-0.05, 0) is 24.3 Å². The third-order valence-corrected chi connectivity index (χ3v) is 3.54. The van der Waals surface area contributed by atoms with Gasteiger partial charge in [0.1, 0.15) is 0 Å². The second-order valence-corrected chi connectivity index (χ2v) is 4.97. The van der Waals surface area contributed by atoms with Crippen molar-refractivity contribution >= 4 is 17.4 Å². The minimum atomic E-state index is 0.157. The van der Waals surface area contributed by atoms with Gasteiger partial charge < -0.3 is 10.4 Å². The molecular weight excluding hydrogens is 218 g/mol. The Hall–Kier alpha value is -0.670. The maximum Gasteiger partial charge on any atom is 0.0640 e. The number of hydrogen-bond acceptors (Lipinski definition) is 3. The van der Waals surface area contributed by atoms with Crippen LogP contribution in [0.2, 0.25) is 0 Å². The molecule has 0 aliphatic carbocycles. The van der Waals surface area contributed by atoms with Crippen LogP contribution in [0.4, 0.5) is 5.69 Å². The van der Waals surface area contributed by atoms with Crippen molar-refractivity contribution in [2.45, 2.75) is 25.8 Å². The van der Waals surface area contributed by atoms with Crippen LogP contribution in [0.25, 0.3) is 0 Å². The molecule has 0 amide bonds. The van der Waals surface area contributed by atoms with E-state index in [9.17, 15) is 5.11 Å². The van der Waals surface area contributed by atoms with Gasteiger partial charge in [-0.3, -0.25) is 0 Å². The minimum absolute atomic E-state index is 0.157. The summed E-state index contributed by atoms with van der Waals surface area (Å²) in [5.74, 6) is 2.15. The zero-order valence-corrected chi connectivity index (χ0v) is 10.7. The van der Waals surface area contributed by atoms with Crippen LogP contribution in [-0.4, -0.2) is 29.3 Å². The third-order valence-electron chi connectivity index (χ3n) is 2.33. The third kappa shape index (κ3) is 5.42. The number of anilines is 1. The number of aliphatic hydroxyl groups excluding tert-OH is 1. The van der Waals surface area contributed by atoms with E-state index in [1.807, 2.05) is 42.1 Å². The molecule has 0 radical (unpaired) electrons. The lowest BCUT2D eigenvalue weighted by Gasteiger charge is -2.17. The summed E-state index contributed by atoms with van der Waals surface area (Å²) in [5, 5.41) is 12.6. The largest absolute Gasteiger partial charge is 0.394 e. The molecule has 1 unspecified atom stereocenters. The normalized spacial score (nSPS) is 12.4. The number of rotatable bonds is 8. The van der Waals surface area contributed by atoms with Gasteiger partial charge in [0, 0.05) is 11.4 Å². The van der Waals surface area contributed by atoms with Crippen LogP contribution in [-0.2, 0) is 0 Å². The maximum atomic E-state index is 9.27. The molecule has 2 nitrogen and oxygen atoms in total. The molecule has 0 aromatic heterocycles. The molecule has 2 N–H and O–H groups in total. The van der Waals surface area contributed by atoms with Crippen molar-refractivity contribution in [3.05, 3.63) is 30.3 Å². The Kier molecular flexibility index (Phi) is 7.10. The number of aliphatic hydroxyl groups is 1. The Balaban J connectivity index is 2.26. The molecule has 0 spiro atoms. The summed E-state index contributed by atoms with van der Waals surface area (Å²) in [6, 6.07) is 10.2. The van der Waals surface area contributed by atoms with E-state index >= 15 is 0 Å². The second kappa shape index (κ2) is 8.48. The van der Waals surface area contributed by atoms with Crippen LogP contribution < -0.4 is 5.32 Å². The smallest absolute Gasteiger partial charge is 0.0640 e. The van der Waals surface area contributed by atoms with E-state index in [1.54, 1.807) is 0 Å². The molecule has 16 heavy (non-hydrogen) atoms. The van der Waals surface area contributed by atoms with Gasteiger partial charge in [0.2, 0.25) is 0 Å². The predicted molar refractivity (Wildman–Crippen MR) is 73.2 cm³/mol. The van der Waals surface area contributed by atoms with Crippen molar-refractivity contribution in [1.29, 1.82) is 0 Å². The highest BCUT2D eigenvalue weighted by atomic mass is 32.2. The zero-order chi connectivity index (χ0) is 11.6. The summed E-state index contributed by atoms with van der Waals surface area (Å²) >= 11 is 1.91. The Morgan fingerprint density at radius 2 is 2.06 bits per heavy atom. The standard InChI is InChI=1S/C13H21NOS/c1-2-3-9-16-11-13(10-15)14-12-7-5-4-6-8-12/h4-8,13-15H,2-3,9-11H2,1H3. The van der Waals surface area contributed by atoms with E-state index in [0.717, 1.165) is 11.4 Å². The Labute approximate surface area is 102 Å².